The van der Waals surface area contributed by atoms with Crippen molar-refractivity contribution in [3.8, 4) is 11.6 Å². The van der Waals surface area contributed by atoms with Gasteiger partial charge in [0.15, 0.2) is 0 Å². The van der Waals surface area contributed by atoms with Crippen molar-refractivity contribution in [3.63, 3.8) is 0 Å². The van der Waals surface area contributed by atoms with E-state index >= 15 is 0 Å². The molecule has 4 heterocycles. The first-order chi connectivity index (χ1) is 15.3. The molecule has 1 saturated heterocycles. The number of hydrogen-bond acceptors (Lipinski definition) is 6. The zero-order valence-corrected chi connectivity index (χ0v) is 18.5. The van der Waals surface area contributed by atoms with Gasteiger partial charge in [0.1, 0.15) is 16.5 Å². The van der Waals surface area contributed by atoms with Crippen LogP contribution in [-0.4, -0.2) is 47.2 Å². The Kier molecular flexibility index (Phi) is 5.13. The van der Waals surface area contributed by atoms with E-state index in [1.54, 1.807) is 19.2 Å². The van der Waals surface area contributed by atoms with Gasteiger partial charge in [0.25, 0.3) is 0 Å². The summed E-state index contributed by atoms with van der Waals surface area (Å²) in [5, 5.41) is 4.01. The average molecular weight is 459 g/mol. The number of pyridine rings is 1. The second-order valence-corrected chi connectivity index (χ2v) is 10.1. The minimum atomic E-state index is -3.87. The van der Waals surface area contributed by atoms with Crippen molar-refractivity contribution in [2.75, 3.05) is 19.8 Å². The predicted octanol–water partition coefficient (Wildman–Crippen LogP) is 2.71. The zero-order valence-electron chi connectivity index (χ0n) is 17.7. The third-order valence-electron chi connectivity index (χ3n) is 6.05. The van der Waals surface area contributed by atoms with Crippen molar-refractivity contribution in [2.24, 2.45) is 18.9 Å². The van der Waals surface area contributed by atoms with Gasteiger partial charge in [-0.15, -0.1) is 0 Å². The topological polar surface area (TPSA) is 86.6 Å². The molecule has 0 unspecified atom stereocenters. The number of sulfonamides is 1. The zero-order chi connectivity index (χ0) is 22.5. The molecular formula is C22H23FN4O4S. The van der Waals surface area contributed by atoms with Gasteiger partial charge in [-0.1, -0.05) is 6.07 Å². The highest BCUT2D eigenvalue weighted by molar-refractivity contribution is 7.89. The summed E-state index contributed by atoms with van der Waals surface area (Å²) in [6.45, 7) is 2.68. The Labute approximate surface area is 185 Å². The molecule has 0 aliphatic carbocycles. The lowest BCUT2D eigenvalue weighted by atomic mass is 9.86. The molecule has 0 N–H and O–H groups in total. The maximum atomic E-state index is 14.1. The number of ether oxygens (including phenoxy) is 2. The average Bonchev–Trinajstić information content (AvgIpc) is 3.37. The lowest BCUT2D eigenvalue weighted by Gasteiger charge is -2.33. The van der Waals surface area contributed by atoms with E-state index in [-0.39, 0.29) is 29.9 Å². The van der Waals surface area contributed by atoms with Gasteiger partial charge in [-0.2, -0.15) is 9.40 Å². The van der Waals surface area contributed by atoms with Gasteiger partial charge in [0.2, 0.25) is 15.9 Å². The smallest absolute Gasteiger partial charge is 0.246 e. The molecule has 0 amide bonds. The Morgan fingerprint density at radius 1 is 1.28 bits per heavy atom. The SMILES string of the molecule is Cc1cccc(OC[C@@H]2CN(S(=O)(=O)c3cnn(C)c3)[C@H]3c4cc(F)ccc4OC[C@@H]23)n1. The molecule has 0 saturated carbocycles. The van der Waals surface area contributed by atoms with Crippen LogP contribution in [-0.2, 0) is 17.1 Å². The van der Waals surface area contributed by atoms with Crippen molar-refractivity contribution in [1.29, 1.82) is 0 Å². The second kappa shape index (κ2) is 7.86. The number of aromatic nitrogens is 3. The van der Waals surface area contributed by atoms with Crippen LogP contribution in [0.2, 0.25) is 0 Å². The van der Waals surface area contributed by atoms with Crippen LogP contribution in [0.5, 0.6) is 11.6 Å². The van der Waals surface area contributed by atoms with E-state index in [4.69, 9.17) is 9.47 Å². The van der Waals surface area contributed by atoms with E-state index in [1.165, 1.54) is 33.5 Å². The van der Waals surface area contributed by atoms with E-state index in [2.05, 4.69) is 10.1 Å². The van der Waals surface area contributed by atoms with Crippen molar-refractivity contribution in [3.05, 3.63) is 65.9 Å². The monoisotopic (exact) mass is 458 g/mol. The number of nitrogens with zero attached hydrogens (tertiary/aromatic N) is 4. The number of fused-ring (bicyclic) bond motifs is 3. The van der Waals surface area contributed by atoms with Gasteiger partial charge < -0.3 is 9.47 Å². The fourth-order valence-electron chi connectivity index (χ4n) is 4.51. The lowest BCUT2D eigenvalue weighted by molar-refractivity contribution is 0.134. The van der Waals surface area contributed by atoms with E-state index in [0.29, 0.717) is 23.8 Å². The minimum Gasteiger partial charge on any atom is -0.493 e. The summed E-state index contributed by atoms with van der Waals surface area (Å²) in [6, 6.07) is 9.18. The molecule has 0 radical (unpaired) electrons. The number of benzene rings is 1. The Morgan fingerprint density at radius 2 is 2.12 bits per heavy atom. The summed E-state index contributed by atoms with van der Waals surface area (Å²) >= 11 is 0. The van der Waals surface area contributed by atoms with Crippen LogP contribution in [0.4, 0.5) is 4.39 Å². The molecule has 1 fully saturated rings. The quantitative estimate of drug-likeness (QED) is 0.584. The first-order valence-corrected chi connectivity index (χ1v) is 11.8. The van der Waals surface area contributed by atoms with Crippen molar-refractivity contribution >= 4 is 10.0 Å². The van der Waals surface area contributed by atoms with Crippen molar-refractivity contribution < 1.29 is 22.3 Å². The van der Waals surface area contributed by atoms with Gasteiger partial charge in [0.05, 0.1) is 25.5 Å². The Bertz CT molecular complexity index is 1260. The molecule has 3 atom stereocenters. The number of rotatable bonds is 5. The largest absolute Gasteiger partial charge is 0.493 e. The summed E-state index contributed by atoms with van der Waals surface area (Å²) in [4.78, 5) is 4.46. The molecule has 168 valence electrons. The highest BCUT2D eigenvalue weighted by Gasteiger charge is 2.51. The summed E-state index contributed by atoms with van der Waals surface area (Å²) in [6.07, 6.45) is 2.80. The predicted molar refractivity (Wildman–Crippen MR) is 113 cm³/mol. The maximum absolute atomic E-state index is 14.1. The molecule has 0 bridgehead atoms. The molecule has 32 heavy (non-hydrogen) atoms. The van der Waals surface area contributed by atoms with E-state index in [1.807, 2.05) is 19.1 Å². The van der Waals surface area contributed by atoms with Crippen LogP contribution in [0.25, 0.3) is 0 Å². The fourth-order valence-corrected chi connectivity index (χ4v) is 6.21. The van der Waals surface area contributed by atoms with Crippen LogP contribution >= 0.6 is 0 Å². The molecule has 1 aromatic carbocycles. The first-order valence-electron chi connectivity index (χ1n) is 10.3. The van der Waals surface area contributed by atoms with Gasteiger partial charge in [-0.25, -0.2) is 17.8 Å². The molecule has 3 aromatic rings. The molecular weight excluding hydrogens is 435 g/mol. The van der Waals surface area contributed by atoms with Gasteiger partial charge in [-0.05, 0) is 31.2 Å². The van der Waals surface area contributed by atoms with Crippen LogP contribution in [0.15, 0.2) is 53.7 Å². The normalized spacial score (nSPS) is 22.8. The molecule has 5 rings (SSSR count). The number of hydrogen-bond donors (Lipinski definition) is 0. The van der Waals surface area contributed by atoms with Crippen molar-refractivity contribution in [2.45, 2.75) is 17.9 Å². The standard InChI is InChI=1S/C22H23FN4O4S/c1-14-4-3-5-21(25-14)31-12-15-10-27(32(28,29)17-9-24-26(2)11-17)22-18-8-16(23)6-7-20(18)30-13-19(15)22/h3-9,11,15,19,22H,10,12-13H2,1-2H3/t15-,19-,22-/m0/s1. The second-order valence-electron chi connectivity index (χ2n) is 8.21. The lowest BCUT2D eigenvalue weighted by Crippen LogP contribution is -2.35. The number of aryl methyl sites for hydroxylation is 2. The third-order valence-corrected chi connectivity index (χ3v) is 7.85. The Balaban J connectivity index is 1.51. The Hall–Kier alpha value is -2.98. The molecule has 2 aliphatic heterocycles. The summed E-state index contributed by atoms with van der Waals surface area (Å²) < 4.78 is 55.9. The molecule has 10 heteroatoms. The van der Waals surface area contributed by atoms with Gasteiger partial charge >= 0.3 is 0 Å². The highest BCUT2D eigenvalue weighted by atomic mass is 32.2. The fraction of sp³-hybridized carbons (Fsp3) is 0.364. The van der Waals surface area contributed by atoms with E-state index < -0.39 is 21.9 Å². The Morgan fingerprint density at radius 3 is 2.88 bits per heavy atom. The first kappa shape index (κ1) is 20.9. The summed E-state index contributed by atoms with van der Waals surface area (Å²) in [5.74, 6) is 0.195. The van der Waals surface area contributed by atoms with E-state index in [0.717, 1.165) is 5.69 Å². The van der Waals surface area contributed by atoms with Crippen LogP contribution in [0.1, 0.15) is 17.3 Å². The summed E-state index contributed by atoms with van der Waals surface area (Å²) in [7, 11) is -2.20. The minimum absolute atomic E-state index is 0.102. The van der Waals surface area contributed by atoms with Gasteiger partial charge in [-0.3, -0.25) is 4.68 Å². The third kappa shape index (κ3) is 3.63. The molecule has 8 nitrogen and oxygen atoms in total. The van der Waals surface area contributed by atoms with Crippen LogP contribution in [0, 0.1) is 24.6 Å². The van der Waals surface area contributed by atoms with Crippen LogP contribution < -0.4 is 9.47 Å². The van der Waals surface area contributed by atoms with Crippen molar-refractivity contribution in [1.82, 2.24) is 19.1 Å². The molecule has 0 spiro atoms. The van der Waals surface area contributed by atoms with Crippen LogP contribution in [0.3, 0.4) is 0 Å². The van der Waals surface area contributed by atoms with E-state index in [9.17, 15) is 12.8 Å². The molecule has 2 aromatic heterocycles. The molecule has 2 aliphatic rings. The number of halogens is 1. The summed E-state index contributed by atoms with van der Waals surface area (Å²) in [5.41, 5.74) is 1.36. The highest BCUT2D eigenvalue weighted by Crippen LogP contribution is 2.49. The maximum Gasteiger partial charge on any atom is 0.246 e. The van der Waals surface area contributed by atoms with Gasteiger partial charge in [0, 0.05) is 48.9 Å².